The molecule has 1 aliphatic heterocycles. The number of ether oxygens (including phenoxy) is 1. The maximum absolute atomic E-state index is 9.44. The molecule has 0 unspecified atom stereocenters. The quantitative estimate of drug-likeness (QED) is 0.705. The van der Waals surface area contributed by atoms with Gasteiger partial charge < -0.3 is 9.84 Å². The summed E-state index contributed by atoms with van der Waals surface area (Å²) in [7, 11) is 0. The predicted molar refractivity (Wildman–Crippen MR) is 50.0 cm³/mol. The van der Waals surface area contributed by atoms with Crippen molar-refractivity contribution in [2.75, 3.05) is 6.61 Å². The van der Waals surface area contributed by atoms with Crippen molar-refractivity contribution in [3.05, 3.63) is 42.8 Å². The Bertz CT molecular complexity index is 271. The summed E-state index contributed by atoms with van der Waals surface area (Å²) in [6.45, 7) is 4.30. The minimum absolute atomic E-state index is 0.0452. The van der Waals surface area contributed by atoms with Crippen molar-refractivity contribution >= 4 is 0 Å². The van der Waals surface area contributed by atoms with Gasteiger partial charge in [-0.3, -0.25) is 0 Å². The van der Waals surface area contributed by atoms with E-state index in [0.717, 1.165) is 5.56 Å². The van der Waals surface area contributed by atoms with Crippen molar-refractivity contribution < 1.29 is 9.84 Å². The van der Waals surface area contributed by atoms with Crippen molar-refractivity contribution in [2.45, 2.75) is 12.2 Å². The largest absolute Gasteiger partial charge is 0.390 e. The van der Waals surface area contributed by atoms with E-state index >= 15 is 0 Å². The number of benzene rings is 1. The van der Waals surface area contributed by atoms with Gasteiger partial charge in [-0.05, 0) is 12.5 Å². The first-order valence-electron chi connectivity index (χ1n) is 4.47. The van der Waals surface area contributed by atoms with Gasteiger partial charge in [-0.25, -0.2) is 0 Å². The van der Waals surface area contributed by atoms with Gasteiger partial charge in [-0.1, -0.05) is 30.3 Å². The highest BCUT2D eigenvalue weighted by Crippen LogP contribution is 2.33. The molecule has 2 rings (SSSR count). The maximum Gasteiger partial charge on any atom is 0.0879 e. The minimum Gasteiger partial charge on any atom is -0.390 e. The van der Waals surface area contributed by atoms with Crippen LogP contribution in [0.25, 0.3) is 0 Å². The number of rotatable bonds is 1. The molecule has 69 valence electrons. The fourth-order valence-corrected chi connectivity index (χ4v) is 1.64. The molecule has 1 heterocycles. The van der Waals surface area contributed by atoms with Gasteiger partial charge in [0.25, 0.3) is 0 Å². The fourth-order valence-electron chi connectivity index (χ4n) is 1.64. The molecule has 1 N–H and O–H groups in total. The Morgan fingerprint density at radius 3 is 2.54 bits per heavy atom. The third-order valence-corrected chi connectivity index (χ3v) is 2.46. The Labute approximate surface area is 78.2 Å². The van der Waals surface area contributed by atoms with Crippen LogP contribution in [0.15, 0.2) is 30.3 Å². The third-order valence-electron chi connectivity index (χ3n) is 2.46. The highest BCUT2D eigenvalue weighted by atomic mass is 16.5. The van der Waals surface area contributed by atoms with Crippen LogP contribution in [0.5, 0.6) is 0 Å². The summed E-state index contributed by atoms with van der Waals surface area (Å²) < 4.78 is 5.45. The van der Waals surface area contributed by atoms with Gasteiger partial charge >= 0.3 is 0 Å². The van der Waals surface area contributed by atoms with Crippen LogP contribution in [0.1, 0.15) is 11.7 Å². The van der Waals surface area contributed by atoms with Crippen molar-refractivity contribution in [3.63, 3.8) is 0 Å². The first kappa shape index (κ1) is 8.73. The molecule has 0 bridgehead atoms. The third kappa shape index (κ3) is 1.60. The summed E-state index contributed by atoms with van der Waals surface area (Å²) in [4.78, 5) is 0. The zero-order valence-electron chi connectivity index (χ0n) is 7.39. The van der Waals surface area contributed by atoms with E-state index in [4.69, 9.17) is 4.74 Å². The second kappa shape index (κ2) is 3.48. The van der Waals surface area contributed by atoms with Crippen molar-refractivity contribution in [2.24, 2.45) is 5.92 Å². The van der Waals surface area contributed by atoms with Crippen LogP contribution in [-0.2, 0) is 4.74 Å². The van der Waals surface area contributed by atoms with Gasteiger partial charge in [0.2, 0.25) is 0 Å². The number of hydrogen-bond donors (Lipinski definition) is 1. The molecule has 1 aromatic carbocycles. The second-order valence-corrected chi connectivity index (χ2v) is 3.40. The summed E-state index contributed by atoms with van der Waals surface area (Å²) >= 11 is 0. The Morgan fingerprint density at radius 2 is 2.00 bits per heavy atom. The molecule has 0 aromatic heterocycles. The van der Waals surface area contributed by atoms with E-state index in [2.05, 4.69) is 6.92 Å². The van der Waals surface area contributed by atoms with Crippen LogP contribution in [0.3, 0.4) is 0 Å². The van der Waals surface area contributed by atoms with E-state index in [1.54, 1.807) is 0 Å². The molecule has 13 heavy (non-hydrogen) atoms. The molecular weight excluding hydrogens is 164 g/mol. The minimum atomic E-state index is -0.426. The first-order valence-corrected chi connectivity index (χ1v) is 4.47. The molecule has 1 radical (unpaired) electrons. The topological polar surface area (TPSA) is 29.5 Å². The molecule has 3 atom stereocenters. The molecule has 2 heteroatoms. The average molecular weight is 177 g/mol. The van der Waals surface area contributed by atoms with Gasteiger partial charge in [0.1, 0.15) is 0 Å². The lowest BCUT2D eigenvalue weighted by Crippen LogP contribution is -2.16. The van der Waals surface area contributed by atoms with Gasteiger partial charge in [-0.2, -0.15) is 0 Å². The molecule has 2 nitrogen and oxygen atoms in total. The SMILES string of the molecule is [CH2][C@H]1[C@@H](c2ccccc2)OC[C@@H]1O. The van der Waals surface area contributed by atoms with Crippen molar-refractivity contribution in [3.8, 4) is 0 Å². The fraction of sp³-hybridized carbons (Fsp3) is 0.364. The lowest BCUT2D eigenvalue weighted by Gasteiger charge is -2.15. The van der Waals surface area contributed by atoms with Crippen molar-refractivity contribution in [1.82, 2.24) is 0 Å². The molecule has 0 amide bonds. The van der Waals surface area contributed by atoms with Crippen LogP contribution in [0, 0.1) is 12.8 Å². The van der Waals surface area contributed by atoms with E-state index in [0.29, 0.717) is 6.61 Å². The van der Waals surface area contributed by atoms with Gasteiger partial charge in [0.15, 0.2) is 0 Å². The van der Waals surface area contributed by atoms with E-state index in [1.807, 2.05) is 30.3 Å². The maximum atomic E-state index is 9.44. The molecule has 1 fully saturated rings. The first-order chi connectivity index (χ1) is 6.29. The molecule has 1 saturated heterocycles. The standard InChI is InChI=1S/C11H13O2/c1-8-10(12)7-13-11(8)9-5-3-2-4-6-9/h2-6,8,10-12H,1,7H2/t8-,10+,11+/m1/s1. The van der Waals surface area contributed by atoms with Crippen LogP contribution < -0.4 is 0 Å². The Balaban J connectivity index is 2.19. The van der Waals surface area contributed by atoms with Crippen LogP contribution in [0.2, 0.25) is 0 Å². The highest BCUT2D eigenvalue weighted by molar-refractivity contribution is 5.20. The molecule has 1 aliphatic rings. The lowest BCUT2D eigenvalue weighted by atomic mass is 9.96. The Kier molecular flexibility index (Phi) is 2.34. The van der Waals surface area contributed by atoms with E-state index in [1.165, 1.54) is 0 Å². The molecule has 0 aliphatic carbocycles. The normalized spacial score (nSPS) is 33.5. The second-order valence-electron chi connectivity index (χ2n) is 3.40. The van der Waals surface area contributed by atoms with Gasteiger partial charge in [0.05, 0.1) is 18.8 Å². The van der Waals surface area contributed by atoms with E-state index < -0.39 is 6.10 Å². The molecular formula is C11H13O2. The predicted octanol–water partition coefficient (Wildman–Crippen LogP) is 1.57. The van der Waals surface area contributed by atoms with Crippen molar-refractivity contribution in [1.29, 1.82) is 0 Å². The Morgan fingerprint density at radius 1 is 1.31 bits per heavy atom. The summed E-state index contributed by atoms with van der Waals surface area (Å²) in [5.41, 5.74) is 1.10. The van der Waals surface area contributed by atoms with E-state index in [-0.39, 0.29) is 12.0 Å². The monoisotopic (exact) mass is 177 g/mol. The molecule has 0 saturated carbocycles. The van der Waals surface area contributed by atoms with Crippen LogP contribution in [0.4, 0.5) is 0 Å². The highest BCUT2D eigenvalue weighted by Gasteiger charge is 2.33. The van der Waals surface area contributed by atoms with E-state index in [9.17, 15) is 5.11 Å². The molecule has 0 spiro atoms. The zero-order chi connectivity index (χ0) is 9.26. The summed E-state index contributed by atoms with van der Waals surface area (Å²) in [5.74, 6) is -0.0533. The summed E-state index contributed by atoms with van der Waals surface area (Å²) in [5, 5.41) is 9.44. The zero-order valence-corrected chi connectivity index (χ0v) is 7.39. The lowest BCUT2D eigenvalue weighted by molar-refractivity contribution is 0.0875. The van der Waals surface area contributed by atoms with Gasteiger partial charge in [0, 0.05) is 5.92 Å². The number of hydrogen-bond acceptors (Lipinski definition) is 2. The van der Waals surface area contributed by atoms with Crippen LogP contribution >= 0.6 is 0 Å². The van der Waals surface area contributed by atoms with Gasteiger partial charge in [-0.15, -0.1) is 0 Å². The number of aliphatic hydroxyl groups is 1. The average Bonchev–Trinajstić information content (AvgIpc) is 2.49. The smallest absolute Gasteiger partial charge is 0.0879 e. The summed E-state index contributed by atoms with van der Waals surface area (Å²) in [6, 6.07) is 9.90. The molecule has 1 aromatic rings. The number of aliphatic hydroxyl groups excluding tert-OH is 1. The van der Waals surface area contributed by atoms with Crippen LogP contribution in [-0.4, -0.2) is 17.8 Å². The summed E-state index contributed by atoms with van der Waals surface area (Å²) in [6.07, 6.45) is -0.471. The Hall–Kier alpha value is -0.860.